The van der Waals surface area contributed by atoms with E-state index in [1.807, 2.05) is 30.3 Å². The summed E-state index contributed by atoms with van der Waals surface area (Å²) in [5.41, 5.74) is 1.59. The van der Waals surface area contributed by atoms with Crippen LogP contribution in [0.2, 0.25) is 0 Å². The Bertz CT molecular complexity index is 1050. The van der Waals surface area contributed by atoms with Crippen molar-refractivity contribution in [2.75, 3.05) is 20.2 Å². The van der Waals surface area contributed by atoms with Gasteiger partial charge in [0.05, 0.1) is 24.5 Å². The topological polar surface area (TPSA) is 105 Å². The molecule has 172 valence electrons. The van der Waals surface area contributed by atoms with Crippen LogP contribution in [0.4, 0.5) is 4.79 Å². The SMILES string of the molecule is COc1ccc(/C=C2\SC(=O)N(CCNC(=O)CC(NC(C)=O)c3ccccc3)C2=O)cc1. The van der Waals surface area contributed by atoms with E-state index in [1.165, 1.54) is 6.92 Å². The molecule has 1 unspecified atom stereocenters. The van der Waals surface area contributed by atoms with E-state index in [4.69, 9.17) is 4.74 Å². The molecule has 0 bridgehead atoms. The second kappa shape index (κ2) is 11.3. The van der Waals surface area contributed by atoms with Crippen LogP contribution in [0.25, 0.3) is 6.08 Å². The maximum Gasteiger partial charge on any atom is 0.293 e. The number of amides is 4. The number of imide groups is 1. The minimum Gasteiger partial charge on any atom is -0.497 e. The van der Waals surface area contributed by atoms with Gasteiger partial charge in [-0.2, -0.15) is 0 Å². The van der Waals surface area contributed by atoms with Crippen LogP contribution in [0.3, 0.4) is 0 Å². The summed E-state index contributed by atoms with van der Waals surface area (Å²) < 4.78 is 5.12. The number of nitrogens with zero attached hydrogens (tertiary/aromatic N) is 1. The highest BCUT2D eigenvalue weighted by atomic mass is 32.2. The number of benzene rings is 2. The third-order valence-corrected chi connectivity index (χ3v) is 5.82. The van der Waals surface area contributed by atoms with Gasteiger partial charge in [-0.15, -0.1) is 0 Å². The van der Waals surface area contributed by atoms with Crippen molar-refractivity contribution in [2.45, 2.75) is 19.4 Å². The molecule has 0 aromatic heterocycles. The van der Waals surface area contributed by atoms with E-state index in [9.17, 15) is 19.2 Å². The largest absolute Gasteiger partial charge is 0.497 e. The lowest BCUT2D eigenvalue weighted by atomic mass is 10.0. The summed E-state index contributed by atoms with van der Waals surface area (Å²) in [6.45, 7) is 1.58. The van der Waals surface area contributed by atoms with Crippen molar-refractivity contribution >= 4 is 40.8 Å². The molecule has 1 aliphatic rings. The number of hydrogen-bond acceptors (Lipinski definition) is 6. The van der Waals surface area contributed by atoms with Gasteiger partial charge in [0, 0.05) is 20.0 Å². The number of nitrogens with one attached hydrogen (secondary N) is 2. The highest BCUT2D eigenvalue weighted by Gasteiger charge is 2.34. The zero-order valence-electron chi connectivity index (χ0n) is 18.4. The van der Waals surface area contributed by atoms with Crippen LogP contribution in [0, 0.1) is 0 Å². The standard InChI is InChI=1S/C24H25N3O5S/c1-16(28)26-20(18-6-4-3-5-7-18)15-22(29)25-12-13-27-23(30)21(33-24(27)31)14-17-8-10-19(32-2)11-9-17/h3-11,14,20H,12-13,15H2,1-2H3,(H,25,29)(H,26,28)/b21-14-. The van der Waals surface area contributed by atoms with E-state index in [-0.39, 0.29) is 36.6 Å². The molecule has 0 spiro atoms. The summed E-state index contributed by atoms with van der Waals surface area (Å²) in [6.07, 6.45) is 1.70. The third kappa shape index (κ3) is 6.69. The van der Waals surface area contributed by atoms with Gasteiger partial charge in [0.25, 0.3) is 11.1 Å². The Morgan fingerprint density at radius 3 is 2.42 bits per heavy atom. The van der Waals surface area contributed by atoms with E-state index in [0.29, 0.717) is 10.7 Å². The minimum atomic E-state index is -0.465. The Kier molecular flexibility index (Phi) is 8.26. The molecule has 2 aromatic rings. The minimum absolute atomic E-state index is 0.0445. The number of carbonyl (C=O) groups is 4. The first-order valence-corrected chi connectivity index (χ1v) is 11.2. The molecule has 1 aliphatic heterocycles. The molecule has 0 aliphatic carbocycles. The smallest absolute Gasteiger partial charge is 0.293 e. The van der Waals surface area contributed by atoms with E-state index in [0.717, 1.165) is 27.8 Å². The molecular formula is C24H25N3O5S. The average Bonchev–Trinajstić information content (AvgIpc) is 3.06. The molecular weight excluding hydrogens is 442 g/mol. The van der Waals surface area contributed by atoms with Crippen LogP contribution in [-0.4, -0.2) is 48.1 Å². The molecule has 1 atom stereocenters. The molecule has 33 heavy (non-hydrogen) atoms. The van der Waals surface area contributed by atoms with Gasteiger partial charge in [-0.25, -0.2) is 0 Å². The molecule has 1 heterocycles. The number of ether oxygens (including phenoxy) is 1. The van der Waals surface area contributed by atoms with Crippen molar-refractivity contribution in [3.8, 4) is 5.75 Å². The highest BCUT2D eigenvalue weighted by molar-refractivity contribution is 8.18. The lowest BCUT2D eigenvalue weighted by Gasteiger charge is -2.18. The van der Waals surface area contributed by atoms with Gasteiger partial charge in [-0.1, -0.05) is 42.5 Å². The van der Waals surface area contributed by atoms with Crippen LogP contribution >= 0.6 is 11.8 Å². The first kappa shape index (κ1) is 24.1. The monoisotopic (exact) mass is 467 g/mol. The van der Waals surface area contributed by atoms with Crippen LogP contribution in [0.5, 0.6) is 5.75 Å². The summed E-state index contributed by atoms with van der Waals surface area (Å²) in [5, 5.41) is 5.11. The van der Waals surface area contributed by atoms with Gasteiger partial charge in [0.2, 0.25) is 11.8 Å². The first-order chi connectivity index (χ1) is 15.9. The summed E-state index contributed by atoms with van der Waals surface area (Å²) in [5.74, 6) is -0.226. The number of rotatable bonds is 9. The van der Waals surface area contributed by atoms with Gasteiger partial charge in [0.15, 0.2) is 0 Å². The van der Waals surface area contributed by atoms with E-state index in [1.54, 1.807) is 37.5 Å². The molecule has 0 radical (unpaired) electrons. The van der Waals surface area contributed by atoms with Crippen molar-refractivity contribution in [3.05, 3.63) is 70.6 Å². The van der Waals surface area contributed by atoms with Crippen molar-refractivity contribution in [1.29, 1.82) is 0 Å². The zero-order chi connectivity index (χ0) is 23.8. The Balaban J connectivity index is 1.54. The lowest BCUT2D eigenvalue weighted by molar-refractivity contribution is -0.125. The van der Waals surface area contributed by atoms with Crippen LogP contribution in [0.1, 0.15) is 30.5 Å². The Labute approximate surface area is 196 Å². The highest BCUT2D eigenvalue weighted by Crippen LogP contribution is 2.32. The second-order valence-corrected chi connectivity index (χ2v) is 8.32. The van der Waals surface area contributed by atoms with E-state index < -0.39 is 11.9 Å². The molecule has 0 saturated carbocycles. The predicted molar refractivity (Wildman–Crippen MR) is 126 cm³/mol. The summed E-state index contributed by atoms with van der Waals surface area (Å²) in [6, 6.07) is 15.9. The van der Waals surface area contributed by atoms with Crippen LogP contribution in [-0.2, 0) is 14.4 Å². The Morgan fingerprint density at radius 2 is 1.79 bits per heavy atom. The maximum atomic E-state index is 12.6. The summed E-state index contributed by atoms with van der Waals surface area (Å²) in [7, 11) is 1.57. The van der Waals surface area contributed by atoms with Crippen molar-refractivity contribution in [1.82, 2.24) is 15.5 Å². The molecule has 9 heteroatoms. The second-order valence-electron chi connectivity index (χ2n) is 7.32. The quantitative estimate of drug-likeness (QED) is 0.549. The zero-order valence-corrected chi connectivity index (χ0v) is 19.2. The molecule has 1 saturated heterocycles. The molecule has 4 amide bonds. The van der Waals surface area contributed by atoms with Gasteiger partial charge >= 0.3 is 0 Å². The van der Waals surface area contributed by atoms with Gasteiger partial charge in [-0.3, -0.25) is 24.1 Å². The average molecular weight is 468 g/mol. The third-order valence-electron chi connectivity index (χ3n) is 4.91. The maximum absolute atomic E-state index is 12.6. The van der Waals surface area contributed by atoms with Crippen molar-refractivity contribution in [2.24, 2.45) is 0 Å². The first-order valence-electron chi connectivity index (χ1n) is 10.4. The van der Waals surface area contributed by atoms with E-state index in [2.05, 4.69) is 10.6 Å². The van der Waals surface area contributed by atoms with E-state index >= 15 is 0 Å². The number of methoxy groups -OCH3 is 1. The number of carbonyl (C=O) groups excluding carboxylic acids is 4. The Morgan fingerprint density at radius 1 is 1.09 bits per heavy atom. The van der Waals surface area contributed by atoms with Gasteiger partial charge < -0.3 is 15.4 Å². The molecule has 2 aromatic carbocycles. The fraction of sp³-hybridized carbons (Fsp3) is 0.250. The molecule has 1 fully saturated rings. The normalized spacial score (nSPS) is 15.5. The van der Waals surface area contributed by atoms with Crippen LogP contribution < -0.4 is 15.4 Å². The van der Waals surface area contributed by atoms with Crippen molar-refractivity contribution < 1.29 is 23.9 Å². The van der Waals surface area contributed by atoms with Gasteiger partial charge in [0.1, 0.15) is 5.75 Å². The van der Waals surface area contributed by atoms with Gasteiger partial charge in [-0.05, 0) is 41.1 Å². The summed E-state index contributed by atoms with van der Waals surface area (Å²) >= 11 is 0.867. The summed E-state index contributed by atoms with van der Waals surface area (Å²) in [4.78, 5) is 50.3. The fourth-order valence-corrected chi connectivity index (χ4v) is 4.16. The Hall–Kier alpha value is -3.59. The van der Waals surface area contributed by atoms with Crippen molar-refractivity contribution in [3.63, 3.8) is 0 Å². The number of thioether (sulfide) groups is 1. The molecule has 3 rings (SSSR count). The molecule has 2 N–H and O–H groups in total. The fourth-order valence-electron chi connectivity index (χ4n) is 3.29. The number of hydrogen-bond donors (Lipinski definition) is 2. The van der Waals surface area contributed by atoms with Crippen LogP contribution in [0.15, 0.2) is 59.5 Å². The lowest BCUT2D eigenvalue weighted by Crippen LogP contribution is -2.38. The molecule has 8 nitrogen and oxygen atoms in total. The predicted octanol–water partition coefficient (Wildman–Crippen LogP) is 3.12.